The molecular weight excluding hydrogens is 471 g/mol. The van der Waals surface area contributed by atoms with Crippen LogP contribution in [0.25, 0.3) is 0 Å². The topological polar surface area (TPSA) is 57.5 Å². The number of guanidine groups is 1. The molecule has 0 amide bonds. The summed E-state index contributed by atoms with van der Waals surface area (Å²) >= 11 is 1.83. The third kappa shape index (κ3) is 6.99. The van der Waals surface area contributed by atoms with Crippen LogP contribution in [0.4, 0.5) is 5.00 Å². The fourth-order valence-electron chi connectivity index (χ4n) is 3.28. The average Bonchev–Trinajstić information content (AvgIpc) is 3.31. The number of piperidine rings is 1. The van der Waals surface area contributed by atoms with Crippen molar-refractivity contribution in [1.29, 1.82) is 0 Å². The summed E-state index contributed by atoms with van der Waals surface area (Å²) in [5, 5.41) is 14.8. The predicted octanol–water partition coefficient (Wildman–Crippen LogP) is 3.26. The van der Waals surface area contributed by atoms with Gasteiger partial charge in [-0.3, -0.25) is 9.67 Å². The standard InChI is InChI=1S/C19H30N6S.HI/c1-3-20-19(21-10-4-6-16-14-22-24(2)15-16)23-17-8-11-25(12-9-17)18-7-5-13-26-18;/h5,7,13-15,17H,3-4,6,8-12H2,1-2H3,(H2,20,21,23);1H. The Kier molecular flexibility index (Phi) is 9.40. The normalized spacial score (nSPS) is 15.5. The van der Waals surface area contributed by atoms with E-state index in [-0.39, 0.29) is 24.0 Å². The Hall–Kier alpha value is -1.29. The van der Waals surface area contributed by atoms with Gasteiger partial charge in [-0.1, -0.05) is 0 Å². The molecule has 2 aromatic heterocycles. The first-order valence-corrected chi connectivity index (χ1v) is 10.4. The van der Waals surface area contributed by atoms with Crippen molar-refractivity contribution in [3.8, 4) is 0 Å². The maximum atomic E-state index is 4.75. The van der Waals surface area contributed by atoms with Crippen LogP contribution >= 0.6 is 35.3 Å². The van der Waals surface area contributed by atoms with E-state index in [1.807, 2.05) is 29.3 Å². The van der Waals surface area contributed by atoms with Crippen LogP contribution in [-0.4, -0.2) is 48.0 Å². The number of aromatic nitrogens is 2. The first-order valence-electron chi connectivity index (χ1n) is 9.55. The van der Waals surface area contributed by atoms with Crippen LogP contribution in [0.15, 0.2) is 34.9 Å². The summed E-state index contributed by atoms with van der Waals surface area (Å²) < 4.78 is 1.85. The van der Waals surface area contributed by atoms with E-state index in [4.69, 9.17) is 4.99 Å². The molecule has 1 aliphatic rings. The molecule has 0 unspecified atom stereocenters. The number of nitrogens with one attached hydrogen (secondary N) is 2. The molecule has 1 aliphatic heterocycles. The Bertz CT molecular complexity index is 676. The number of nitrogens with zero attached hydrogens (tertiary/aromatic N) is 4. The summed E-state index contributed by atoms with van der Waals surface area (Å²) in [6.45, 7) is 6.06. The molecule has 0 bridgehead atoms. The molecule has 1 fully saturated rings. The van der Waals surface area contributed by atoms with E-state index in [0.717, 1.165) is 57.8 Å². The minimum Gasteiger partial charge on any atom is -0.363 e. The lowest BCUT2D eigenvalue weighted by molar-refractivity contribution is 0.463. The highest BCUT2D eigenvalue weighted by Crippen LogP contribution is 2.24. The quantitative estimate of drug-likeness (QED) is 0.264. The zero-order chi connectivity index (χ0) is 18.2. The molecule has 2 N–H and O–H groups in total. The SMILES string of the molecule is CCNC(=NCCCc1cnn(C)c1)NC1CCN(c2cccs2)CC1.I. The second kappa shape index (κ2) is 11.5. The lowest BCUT2D eigenvalue weighted by atomic mass is 10.1. The molecule has 3 heterocycles. The molecule has 0 radical (unpaired) electrons. The third-order valence-electron chi connectivity index (χ3n) is 4.65. The van der Waals surface area contributed by atoms with E-state index in [9.17, 15) is 0 Å². The first kappa shape index (κ1) is 22.0. The molecule has 27 heavy (non-hydrogen) atoms. The summed E-state index contributed by atoms with van der Waals surface area (Å²) in [6, 6.07) is 4.85. The second-order valence-electron chi connectivity index (χ2n) is 6.74. The van der Waals surface area contributed by atoms with Gasteiger partial charge in [0, 0.05) is 45.5 Å². The van der Waals surface area contributed by atoms with Crippen molar-refractivity contribution < 1.29 is 0 Å². The second-order valence-corrected chi connectivity index (χ2v) is 7.67. The van der Waals surface area contributed by atoms with Gasteiger partial charge in [0.15, 0.2) is 5.96 Å². The van der Waals surface area contributed by atoms with Gasteiger partial charge in [-0.25, -0.2) is 0 Å². The van der Waals surface area contributed by atoms with Crippen molar-refractivity contribution in [2.24, 2.45) is 12.0 Å². The van der Waals surface area contributed by atoms with E-state index in [1.165, 1.54) is 10.6 Å². The summed E-state index contributed by atoms with van der Waals surface area (Å²) in [7, 11) is 1.96. The smallest absolute Gasteiger partial charge is 0.191 e. The van der Waals surface area contributed by atoms with Crippen LogP contribution in [0.5, 0.6) is 0 Å². The van der Waals surface area contributed by atoms with Crippen LogP contribution in [0.1, 0.15) is 31.7 Å². The van der Waals surface area contributed by atoms with Gasteiger partial charge >= 0.3 is 0 Å². The minimum absolute atomic E-state index is 0. The molecule has 0 atom stereocenters. The molecule has 2 aromatic rings. The van der Waals surface area contributed by atoms with Gasteiger partial charge in [0.2, 0.25) is 0 Å². The molecular formula is C19H31IN6S. The molecule has 1 saturated heterocycles. The van der Waals surface area contributed by atoms with Crippen LogP contribution in [0, 0.1) is 0 Å². The molecule has 6 nitrogen and oxygen atoms in total. The summed E-state index contributed by atoms with van der Waals surface area (Å²) in [5.74, 6) is 0.952. The maximum Gasteiger partial charge on any atom is 0.191 e. The number of aliphatic imine (C=N–C) groups is 1. The van der Waals surface area contributed by atoms with Crippen molar-refractivity contribution in [2.75, 3.05) is 31.1 Å². The summed E-state index contributed by atoms with van der Waals surface area (Å²) in [6.07, 6.45) is 8.38. The number of hydrogen-bond acceptors (Lipinski definition) is 4. The summed E-state index contributed by atoms with van der Waals surface area (Å²) in [4.78, 5) is 7.24. The lowest BCUT2D eigenvalue weighted by Gasteiger charge is -2.33. The van der Waals surface area contributed by atoms with Crippen LogP contribution < -0.4 is 15.5 Å². The number of hydrogen-bond donors (Lipinski definition) is 2. The van der Waals surface area contributed by atoms with Gasteiger partial charge in [0.1, 0.15) is 0 Å². The summed E-state index contributed by atoms with van der Waals surface area (Å²) in [5.41, 5.74) is 1.28. The number of halogens is 1. The number of thiophene rings is 1. The Morgan fingerprint density at radius 2 is 2.19 bits per heavy atom. The molecule has 150 valence electrons. The van der Waals surface area contributed by atoms with Crippen molar-refractivity contribution in [2.45, 2.75) is 38.6 Å². The van der Waals surface area contributed by atoms with E-state index in [2.05, 4.69) is 51.3 Å². The molecule has 0 saturated carbocycles. The van der Waals surface area contributed by atoms with Gasteiger partial charge in [0.25, 0.3) is 0 Å². The van der Waals surface area contributed by atoms with Crippen molar-refractivity contribution in [3.05, 3.63) is 35.5 Å². The van der Waals surface area contributed by atoms with E-state index >= 15 is 0 Å². The van der Waals surface area contributed by atoms with Crippen LogP contribution in [0.3, 0.4) is 0 Å². The largest absolute Gasteiger partial charge is 0.363 e. The number of anilines is 1. The fourth-order valence-corrected chi connectivity index (χ4v) is 4.07. The monoisotopic (exact) mass is 502 g/mol. The van der Waals surface area contributed by atoms with Gasteiger partial charge in [-0.15, -0.1) is 35.3 Å². The highest BCUT2D eigenvalue weighted by Gasteiger charge is 2.20. The molecule has 0 spiro atoms. The van der Waals surface area contributed by atoms with E-state index in [0.29, 0.717) is 6.04 Å². The average molecular weight is 502 g/mol. The molecule has 8 heteroatoms. The zero-order valence-electron chi connectivity index (χ0n) is 16.2. The predicted molar refractivity (Wildman–Crippen MR) is 126 cm³/mol. The third-order valence-corrected chi connectivity index (χ3v) is 5.58. The zero-order valence-corrected chi connectivity index (χ0v) is 19.4. The van der Waals surface area contributed by atoms with Crippen molar-refractivity contribution in [1.82, 2.24) is 20.4 Å². The Balaban J connectivity index is 0.00000261. The Labute approximate surface area is 183 Å². The van der Waals surface area contributed by atoms with Crippen molar-refractivity contribution >= 4 is 46.3 Å². The van der Waals surface area contributed by atoms with Gasteiger partial charge < -0.3 is 15.5 Å². The highest BCUT2D eigenvalue weighted by molar-refractivity contribution is 14.0. The Morgan fingerprint density at radius 3 is 2.81 bits per heavy atom. The van der Waals surface area contributed by atoms with Gasteiger partial charge in [-0.2, -0.15) is 5.10 Å². The maximum absolute atomic E-state index is 4.75. The minimum atomic E-state index is 0. The van der Waals surface area contributed by atoms with Crippen molar-refractivity contribution in [3.63, 3.8) is 0 Å². The lowest BCUT2D eigenvalue weighted by Crippen LogP contribution is -2.48. The van der Waals surface area contributed by atoms with Gasteiger partial charge in [-0.05, 0) is 55.7 Å². The highest BCUT2D eigenvalue weighted by atomic mass is 127. The number of rotatable bonds is 7. The molecule has 0 aliphatic carbocycles. The fraction of sp³-hybridized carbons (Fsp3) is 0.579. The van der Waals surface area contributed by atoms with Crippen LogP contribution in [0.2, 0.25) is 0 Å². The van der Waals surface area contributed by atoms with E-state index in [1.54, 1.807) is 0 Å². The van der Waals surface area contributed by atoms with E-state index < -0.39 is 0 Å². The number of aryl methyl sites for hydroxylation is 2. The molecule has 3 rings (SSSR count). The Morgan fingerprint density at radius 1 is 1.37 bits per heavy atom. The molecule has 0 aromatic carbocycles. The first-order chi connectivity index (χ1) is 12.7. The van der Waals surface area contributed by atoms with Gasteiger partial charge in [0.05, 0.1) is 11.2 Å². The van der Waals surface area contributed by atoms with Crippen LogP contribution in [-0.2, 0) is 13.5 Å².